The number of aromatic nitrogens is 4. The minimum atomic E-state index is -4.61. The largest absolute Gasteiger partial charge is 0.403 e. The van der Waals surface area contributed by atoms with E-state index in [0.717, 1.165) is 0 Å². The van der Waals surface area contributed by atoms with Crippen LogP contribution in [0.4, 0.5) is 26.3 Å². The quantitative estimate of drug-likeness (QED) is 0.408. The Morgan fingerprint density at radius 2 is 1.79 bits per heavy atom. The van der Waals surface area contributed by atoms with E-state index in [-0.39, 0.29) is 69.3 Å². The molecule has 0 N–H and O–H groups in total. The highest BCUT2D eigenvalue weighted by molar-refractivity contribution is 5.87. The SMILES string of the molecule is CC(c1nc(C2CN(C=O)CC23CN(C(=O)C2(C(F)(F)F)CC2)C3)no1)n1ccc(C2(C(F)(F)F)CC2)n1. The molecule has 0 radical (unpaired) electrons. The van der Waals surface area contributed by atoms with Crippen LogP contribution in [0.1, 0.15) is 62.0 Å². The van der Waals surface area contributed by atoms with Gasteiger partial charge in [-0.1, -0.05) is 5.16 Å². The van der Waals surface area contributed by atoms with E-state index in [0.29, 0.717) is 6.41 Å². The lowest BCUT2D eigenvalue weighted by atomic mass is 9.70. The number of alkyl halides is 6. The van der Waals surface area contributed by atoms with E-state index in [1.807, 2.05) is 0 Å². The number of likely N-dealkylation sites (tertiary alicyclic amines) is 2. The van der Waals surface area contributed by atoms with Gasteiger partial charge in [-0.3, -0.25) is 14.3 Å². The smallest absolute Gasteiger partial charge is 0.344 e. The van der Waals surface area contributed by atoms with Crippen LogP contribution >= 0.6 is 0 Å². The predicted octanol–water partition coefficient (Wildman–Crippen LogP) is 3.20. The van der Waals surface area contributed by atoms with Crippen LogP contribution in [0.5, 0.6) is 0 Å². The molecule has 2 aliphatic heterocycles. The van der Waals surface area contributed by atoms with Crippen molar-refractivity contribution in [2.24, 2.45) is 10.8 Å². The van der Waals surface area contributed by atoms with E-state index in [4.69, 9.17) is 4.52 Å². The molecule has 2 aromatic heterocycles. The van der Waals surface area contributed by atoms with Gasteiger partial charge < -0.3 is 14.3 Å². The average Bonchev–Trinajstić information content (AvgIpc) is 3.66. The molecule has 2 atom stereocenters. The highest BCUT2D eigenvalue weighted by atomic mass is 19.4. The molecular formula is C23H24F6N6O3. The molecule has 1 spiro atoms. The first kappa shape index (κ1) is 25.2. The van der Waals surface area contributed by atoms with Gasteiger partial charge >= 0.3 is 12.4 Å². The first-order chi connectivity index (χ1) is 17.8. The summed E-state index contributed by atoms with van der Waals surface area (Å²) in [6, 6.07) is 0.643. The summed E-state index contributed by atoms with van der Waals surface area (Å²) in [5.41, 5.74) is -5.02. The summed E-state index contributed by atoms with van der Waals surface area (Å²) in [6.07, 6.45) is -7.45. The van der Waals surface area contributed by atoms with Crippen molar-refractivity contribution >= 4 is 12.3 Å². The fourth-order valence-corrected chi connectivity index (χ4v) is 5.96. The van der Waals surface area contributed by atoms with Gasteiger partial charge in [-0.2, -0.15) is 36.4 Å². The van der Waals surface area contributed by atoms with Gasteiger partial charge in [-0.05, 0) is 38.7 Å². The zero-order valence-electron chi connectivity index (χ0n) is 20.2. The number of halogens is 6. The summed E-state index contributed by atoms with van der Waals surface area (Å²) in [7, 11) is 0. The molecule has 0 aromatic carbocycles. The topological polar surface area (TPSA) is 97.4 Å². The minimum absolute atomic E-state index is 0.0206. The van der Waals surface area contributed by atoms with E-state index in [2.05, 4.69) is 15.2 Å². The maximum Gasteiger partial charge on any atom is 0.403 e. The third-order valence-corrected chi connectivity index (χ3v) is 8.74. The molecule has 4 fully saturated rings. The van der Waals surface area contributed by atoms with E-state index in [1.165, 1.54) is 26.7 Å². The number of carbonyl (C=O) groups excluding carboxylic acids is 2. The van der Waals surface area contributed by atoms with Crippen LogP contribution in [0.2, 0.25) is 0 Å². The minimum Gasteiger partial charge on any atom is -0.344 e. The van der Waals surface area contributed by atoms with E-state index < -0.39 is 46.5 Å². The highest BCUT2D eigenvalue weighted by Gasteiger charge is 2.71. The molecule has 2 amide bonds. The molecule has 206 valence electrons. The molecule has 6 rings (SSSR count). The molecule has 2 unspecified atom stereocenters. The van der Waals surface area contributed by atoms with Gasteiger partial charge in [0, 0.05) is 37.8 Å². The van der Waals surface area contributed by atoms with E-state index in [9.17, 15) is 35.9 Å². The Kier molecular flexibility index (Phi) is 5.11. The monoisotopic (exact) mass is 546 g/mol. The van der Waals surface area contributed by atoms with E-state index >= 15 is 0 Å². The Labute approximate surface area is 212 Å². The summed E-state index contributed by atoms with van der Waals surface area (Å²) in [6.45, 7) is 2.12. The van der Waals surface area contributed by atoms with Crippen molar-refractivity contribution in [2.75, 3.05) is 26.2 Å². The maximum absolute atomic E-state index is 13.5. The standard InChI is InChI=1S/C23H24F6N6O3/c1-13(35-7-2-15(31-35)20(3-4-20)22(24,25)26)17-30-16(32-38-17)14-8-33(12-36)9-19(14)10-34(11-19)18(37)21(5-6-21)23(27,28)29/h2,7,12-14H,3-6,8-11H2,1H3. The van der Waals surface area contributed by atoms with Gasteiger partial charge in [-0.15, -0.1) is 0 Å². The molecule has 9 nitrogen and oxygen atoms in total. The number of carbonyl (C=O) groups is 2. The van der Waals surface area contributed by atoms with Gasteiger partial charge in [0.2, 0.25) is 12.3 Å². The molecule has 38 heavy (non-hydrogen) atoms. The lowest BCUT2D eigenvalue weighted by Crippen LogP contribution is -2.64. The van der Waals surface area contributed by atoms with E-state index in [1.54, 1.807) is 6.92 Å². The summed E-state index contributed by atoms with van der Waals surface area (Å²) in [5, 5.41) is 8.17. The number of hydrogen-bond acceptors (Lipinski definition) is 6. The molecule has 2 saturated carbocycles. The Morgan fingerprint density at radius 3 is 2.34 bits per heavy atom. The Balaban J connectivity index is 1.19. The van der Waals surface area contributed by atoms with Crippen molar-refractivity contribution in [2.45, 2.75) is 62.3 Å². The van der Waals surface area contributed by atoms with Crippen molar-refractivity contribution in [1.29, 1.82) is 0 Å². The molecule has 4 aliphatic rings. The molecule has 4 heterocycles. The number of nitrogens with zero attached hydrogens (tertiary/aromatic N) is 6. The van der Waals surface area contributed by atoms with Crippen LogP contribution < -0.4 is 0 Å². The molecule has 2 saturated heterocycles. The average molecular weight is 546 g/mol. The Morgan fingerprint density at radius 1 is 1.11 bits per heavy atom. The van der Waals surface area contributed by atoms with Gasteiger partial charge in [-0.25, -0.2) is 0 Å². The zero-order valence-corrected chi connectivity index (χ0v) is 20.2. The number of rotatable bonds is 6. The van der Waals surface area contributed by atoms with Gasteiger partial charge in [0.1, 0.15) is 16.9 Å². The second kappa shape index (κ2) is 7.72. The van der Waals surface area contributed by atoms with Crippen molar-refractivity contribution in [3.63, 3.8) is 0 Å². The zero-order chi connectivity index (χ0) is 27.3. The van der Waals surface area contributed by atoms with Crippen molar-refractivity contribution < 1.29 is 40.5 Å². The lowest BCUT2D eigenvalue weighted by Gasteiger charge is -2.51. The fourth-order valence-electron chi connectivity index (χ4n) is 5.96. The van der Waals surface area contributed by atoms with Crippen LogP contribution in [-0.4, -0.2) is 80.6 Å². The third kappa shape index (κ3) is 3.49. The second-order valence-corrected chi connectivity index (χ2v) is 11.1. The normalized spacial score (nSPS) is 25.8. The van der Waals surface area contributed by atoms with Crippen LogP contribution in [0.15, 0.2) is 16.8 Å². The highest BCUT2D eigenvalue weighted by Crippen LogP contribution is 2.61. The number of amides is 2. The van der Waals surface area contributed by atoms with Gasteiger partial charge in [0.15, 0.2) is 5.82 Å². The summed E-state index contributed by atoms with van der Waals surface area (Å²) >= 11 is 0. The van der Waals surface area contributed by atoms with Crippen LogP contribution in [0.3, 0.4) is 0 Å². The summed E-state index contributed by atoms with van der Waals surface area (Å²) < 4.78 is 87.5. The number of hydrogen-bond donors (Lipinski definition) is 0. The van der Waals surface area contributed by atoms with Crippen molar-refractivity contribution in [3.8, 4) is 0 Å². The first-order valence-corrected chi connectivity index (χ1v) is 12.3. The lowest BCUT2D eigenvalue weighted by molar-refractivity contribution is -0.204. The molecule has 0 bridgehead atoms. The van der Waals surface area contributed by atoms with Gasteiger partial charge in [0.05, 0.1) is 11.6 Å². The predicted molar refractivity (Wildman–Crippen MR) is 114 cm³/mol. The van der Waals surface area contributed by atoms with Crippen molar-refractivity contribution in [1.82, 2.24) is 29.7 Å². The van der Waals surface area contributed by atoms with Crippen LogP contribution in [-0.2, 0) is 15.0 Å². The molecule has 2 aliphatic carbocycles. The molecular weight excluding hydrogens is 522 g/mol. The fraction of sp³-hybridized carbons (Fsp3) is 0.696. The summed E-state index contributed by atoms with van der Waals surface area (Å²) in [5.74, 6) is -1.12. The molecule has 15 heteroatoms. The third-order valence-electron chi connectivity index (χ3n) is 8.74. The van der Waals surface area contributed by atoms with Crippen LogP contribution in [0, 0.1) is 10.8 Å². The first-order valence-electron chi connectivity index (χ1n) is 12.3. The maximum atomic E-state index is 13.5. The molecule has 2 aromatic rings. The summed E-state index contributed by atoms with van der Waals surface area (Å²) in [4.78, 5) is 31.3. The Bertz CT molecular complexity index is 1270. The van der Waals surface area contributed by atoms with Gasteiger partial charge in [0.25, 0.3) is 5.89 Å². The Hall–Kier alpha value is -3.13. The second-order valence-electron chi connectivity index (χ2n) is 11.1. The van der Waals surface area contributed by atoms with Crippen LogP contribution in [0.25, 0.3) is 0 Å². The van der Waals surface area contributed by atoms with Crippen molar-refractivity contribution in [3.05, 3.63) is 29.7 Å².